The lowest BCUT2D eigenvalue weighted by molar-refractivity contribution is 0.296. The number of hydrogen-bond acceptors (Lipinski definition) is 3. The van der Waals surface area contributed by atoms with Crippen LogP contribution in [0.3, 0.4) is 0 Å². The summed E-state index contributed by atoms with van der Waals surface area (Å²) in [4.78, 5) is 4.73. The zero-order chi connectivity index (χ0) is 18.7. The maximum atomic E-state index is 12.5. The second kappa shape index (κ2) is 7.86. The standard InChI is InChI=1S/C20H27N3O2S/c1-16-12-18(13-17-8-5-4-6-9-17)14-20(21-16)19-10-7-11-23(15-19)26(24,25)22(2)3/h4-6,8-9,12,14,19H,7,10-11,13,15H2,1-3H3/t19-/m0/s1. The molecule has 1 saturated heterocycles. The summed E-state index contributed by atoms with van der Waals surface area (Å²) in [6.45, 7) is 3.09. The van der Waals surface area contributed by atoms with Gasteiger partial charge in [-0.05, 0) is 49.4 Å². The predicted octanol–water partition coefficient (Wildman–Crippen LogP) is 2.97. The molecular formula is C20H27N3O2S. The lowest BCUT2D eigenvalue weighted by Gasteiger charge is -2.33. The Labute approximate surface area is 156 Å². The minimum absolute atomic E-state index is 0.146. The van der Waals surface area contributed by atoms with E-state index in [1.54, 1.807) is 18.4 Å². The van der Waals surface area contributed by atoms with E-state index >= 15 is 0 Å². The molecule has 0 bridgehead atoms. The molecular weight excluding hydrogens is 346 g/mol. The third-order valence-corrected chi connectivity index (χ3v) is 6.78. The first-order valence-electron chi connectivity index (χ1n) is 9.05. The zero-order valence-electron chi connectivity index (χ0n) is 15.7. The molecule has 0 saturated carbocycles. The number of benzene rings is 1. The molecule has 3 rings (SSSR count). The Bertz CT molecular complexity index is 851. The molecule has 0 amide bonds. The third-order valence-electron chi connectivity index (χ3n) is 4.87. The average molecular weight is 374 g/mol. The molecule has 0 spiro atoms. The van der Waals surface area contributed by atoms with Crippen molar-refractivity contribution in [3.63, 3.8) is 0 Å². The lowest BCUT2D eigenvalue weighted by Crippen LogP contribution is -2.45. The van der Waals surface area contributed by atoms with Crippen LogP contribution in [0, 0.1) is 6.92 Å². The SMILES string of the molecule is Cc1cc(Cc2ccccc2)cc([C@H]2CCCN(S(=O)(=O)N(C)C)C2)n1. The highest BCUT2D eigenvalue weighted by molar-refractivity contribution is 7.86. The molecule has 1 aliphatic rings. The summed E-state index contributed by atoms with van der Waals surface area (Å²) in [5.41, 5.74) is 4.49. The summed E-state index contributed by atoms with van der Waals surface area (Å²) < 4.78 is 27.8. The molecule has 0 N–H and O–H groups in total. The molecule has 0 aliphatic carbocycles. The molecule has 1 aromatic carbocycles. The summed E-state index contributed by atoms with van der Waals surface area (Å²) in [7, 11) is -0.200. The summed E-state index contributed by atoms with van der Waals surface area (Å²) in [6, 6.07) is 14.6. The number of aryl methyl sites for hydroxylation is 1. The van der Waals surface area contributed by atoms with E-state index < -0.39 is 10.2 Å². The van der Waals surface area contributed by atoms with Crippen molar-refractivity contribution in [2.45, 2.75) is 32.1 Å². The van der Waals surface area contributed by atoms with Crippen LogP contribution in [0.1, 0.15) is 41.3 Å². The highest BCUT2D eigenvalue weighted by atomic mass is 32.2. The van der Waals surface area contributed by atoms with Crippen molar-refractivity contribution in [1.29, 1.82) is 0 Å². The molecule has 0 unspecified atom stereocenters. The summed E-state index contributed by atoms with van der Waals surface area (Å²) >= 11 is 0. The average Bonchev–Trinajstić information content (AvgIpc) is 2.62. The van der Waals surface area contributed by atoms with Crippen molar-refractivity contribution in [2.24, 2.45) is 0 Å². The Kier molecular flexibility index (Phi) is 5.75. The molecule has 2 heterocycles. The normalized spacial score (nSPS) is 19.0. The molecule has 1 fully saturated rings. The van der Waals surface area contributed by atoms with Crippen LogP contribution in [-0.4, -0.2) is 49.2 Å². The number of piperidine rings is 1. The van der Waals surface area contributed by atoms with Gasteiger partial charge in [-0.3, -0.25) is 4.98 Å². The Balaban J connectivity index is 1.82. The number of aromatic nitrogens is 1. The van der Waals surface area contributed by atoms with Gasteiger partial charge in [0.25, 0.3) is 10.2 Å². The third kappa shape index (κ3) is 4.31. The van der Waals surface area contributed by atoms with E-state index in [2.05, 4.69) is 36.4 Å². The largest absolute Gasteiger partial charge is 0.281 e. The molecule has 1 atom stereocenters. The van der Waals surface area contributed by atoms with Gasteiger partial charge in [-0.25, -0.2) is 0 Å². The van der Waals surface area contributed by atoms with Gasteiger partial charge in [0.1, 0.15) is 0 Å². The molecule has 140 valence electrons. The van der Waals surface area contributed by atoms with Crippen LogP contribution in [-0.2, 0) is 16.6 Å². The van der Waals surface area contributed by atoms with Crippen molar-refractivity contribution in [3.8, 4) is 0 Å². The van der Waals surface area contributed by atoms with E-state index in [9.17, 15) is 8.42 Å². The Morgan fingerprint density at radius 3 is 2.58 bits per heavy atom. The van der Waals surface area contributed by atoms with Gasteiger partial charge in [-0.15, -0.1) is 0 Å². The van der Waals surface area contributed by atoms with Gasteiger partial charge in [0, 0.05) is 44.5 Å². The van der Waals surface area contributed by atoms with Gasteiger partial charge in [-0.2, -0.15) is 17.0 Å². The number of rotatable bonds is 5. The molecule has 26 heavy (non-hydrogen) atoms. The summed E-state index contributed by atoms with van der Waals surface area (Å²) in [6.07, 6.45) is 2.70. The van der Waals surface area contributed by atoms with Crippen molar-refractivity contribution in [1.82, 2.24) is 13.6 Å². The van der Waals surface area contributed by atoms with Gasteiger partial charge in [0.05, 0.1) is 0 Å². The topological polar surface area (TPSA) is 53.5 Å². The fourth-order valence-corrected chi connectivity index (χ4v) is 4.73. The van der Waals surface area contributed by atoms with E-state index in [4.69, 9.17) is 4.98 Å². The van der Waals surface area contributed by atoms with Crippen molar-refractivity contribution in [2.75, 3.05) is 27.2 Å². The van der Waals surface area contributed by atoms with Crippen LogP contribution in [0.4, 0.5) is 0 Å². The van der Waals surface area contributed by atoms with Gasteiger partial charge < -0.3 is 0 Å². The second-order valence-electron chi connectivity index (χ2n) is 7.19. The van der Waals surface area contributed by atoms with E-state index in [1.807, 2.05) is 13.0 Å². The van der Waals surface area contributed by atoms with Crippen LogP contribution >= 0.6 is 0 Å². The van der Waals surface area contributed by atoms with E-state index in [0.29, 0.717) is 13.1 Å². The molecule has 6 heteroatoms. The smallest absolute Gasteiger partial charge is 0.258 e. The second-order valence-corrected chi connectivity index (χ2v) is 9.33. The zero-order valence-corrected chi connectivity index (χ0v) is 16.5. The monoisotopic (exact) mass is 373 g/mol. The van der Waals surface area contributed by atoms with Gasteiger partial charge >= 0.3 is 0 Å². The molecule has 5 nitrogen and oxygen atoms in total. The minimum atomic E-state index is -3.37. The first-order chi connectivity index (χ1) is 12.4. The van der Waals surface area contributed by atoms with Gasteiger partial charge in [0.2, 0.25) is 0 Å². The Morgan fingerprint density at radius 2 is 1.88 bits per heavy atom. The molecule has 1 aromatic heterocycles. The number of pyridine rings is 1. The van der Waals surface area contributed by atoms with Crippen molar-refractivity contribution in [3.05, 3.63) is 65.0 Å². The predicted molar refractivity (Wildman–Crippen MR) is 104 cm³/mol. The summed E-state index contributed by atoms with van der Waals surface area (Å²) in [5.74, 6) is 0.146. The van der Waals surface area contributed by atoms with Crippen LogP contribution in [0.2, 0.25) is 0 Å². The van der Waals surface area contributed by atoms with E-state index in [-0.39, 0.29) is 5.92 Å². The quantitative estimate of drug-likeness (QED) is 0.810. The number of nitrogens with zero attached hydrogens (tertiary/aromatic N) is 3. The van der Waals surface area contributed by atoms with Crippen molar-refractivity contribution < 1.29 is 8.42 Å². The number of hydrogen-bond donors (Lipinski definition) is 0. The first kappa shape index (κ1) is 19.0. The van der Waals surface area contributed by atoms with Crippen molar-refractivity contribution >= 4 is 10.2 Å². The minimum Gasteiger partial charge on any atom is -0.258 e. The fourth-order valence-electron chi connectivity index (χ4n) is 3.54. The van der Waals surface area contributed by atoms with Crippen LogP contribution < -0.4 is 0 Å². The maximum Gasteiger partial charge on any atom is 0.281 e. The summed E-state index contributed by atoms with van der Waals surface area (Å²) in [5, 5.41) is 0. The Morgan fingerprint density at radius 1 is 1.15 bits per heavy atom. The molecule has 0 radical (unpaired) electrons. The van der Waals surface area contributed by atoms with E-state index in [1.165, 1.54) is 15.4 Å². The lowest BCUT2D eigenvalue weighted by atomic mass is 9.93. The Hall–Kier alpha value is -1.76. The maximum absolute atomic E-state index is 12.5. The van der Waals surface area contributed by atoms with Crippen LogP contribution in [0.25, 0.3) is 0 Å². The highest BCUT2D eigenvalue weighted by Gasteiger charge is 2.31. The highest BCUT2D eigenvalue weighted by Crippen LogP contribution is 2.29. The molecule has 1 aliphatic heterocycles. The van der Waals surface area contributed by atoms with Crippen LogP contribution in [0.5, 0.6) is 0 Å². The fraction of sp³-hybridized carbons (Fsp3) is 0.450. The first-order valence-corrected chi connectivity index (χ1v) is 10.4. The molecule has 2 aromatic rings. The van der Waals surface area contributed by atoms with E-state index in [0.717, 1.165) is 30.7 Å². The van der Waals surface area contributed by atoms with Crippen LogP contribution in [0.15, 0.2) is 42.5 Å². The van der Waals surface area contributed by atoms with Gasteiger partial charge in [-0.1, -0.05) is 30.3 Å². The van der Waals surface area contributed by atoms with Gasteiger partial charge in [0.15, 0.2) is 0 Å².